The summed E-state index contributed by atoms with van der Waals surface area (Å²) in [6.07, 6.45) is 0.0833. The van der Waals surface area contributed by atoms with Gasteiger partial charge in [0, 0.05) is 24.4 Å². The number of aliphatic hydroxyl groups excluding tert-OH is 4. The monoisotopic (exact) mass is 364 g/mol. The predicted molar refractivity (Wildman–Crippen MR) is 73.4 cm³/mol. The third-order valence-electron chi connectivity index (χ3n) is 2.00. The van der Waals surface area contributed by atoms with E-state index >= 15 is 0 Å². The van der Waals surface area contributed by atoms with Crippen LogP contribution in [-0.4, -0.2) is 110 Å². The van der Waals surface area contributed by atoms with E-state index in [-0.39, 0.29) is 37.7 Å². The molecule has 0 unspecified atom stereocenters. The average molecular weight is 364 g/mol. The second-order valence-corrected chi connectivity index (χ2v) is 3.78. The number of hydrogen-bond donors (Lipinski definition) is 4. The molecule has 0 aromatic heterocycles. The van der Waals surface area contributed by atoms with Gasteiger partial charge in [-0.1, -0.05) is 6.58 Å². The standard InChI is InChI=1S/C5H12O4.C4H6O2.C3H4O4.Ca/c6-1-5(2-7,3-8)4-9;1-3-4(5)6-2;4-2(5)1-3(6)7;/h6-9H,1-4H2;3H,1H2,2H3;1H2,(H,4,5)(H,6,7);/q;;;+2/p-2. The molecule has 0 aromatic carbocycles. The fraction of sp³-hybridized carbons (Fsp3) is 0.583. The maximum atomic E-state index is 9.84. The molecule has 10 nitrogen and oxygen atoms in total. The Morgan fingerprint density at radius 2 is 1.30 bits per heavy atom. The number of carboxylic acids is 2. The molecule has 11 heteroatoms. The van der Waals surface area contributed by atoms with E-state index in [1.807, 2.05) is 0 Å². The number of carbonyl (C=O) groups is 3. The van der Waals surface area contributed by atoms with Gasteiger partial charge in [-0.2, -0.15) is 0 Å². The largest absolute Gasteiger partial charge is 2.00 e. The second kappa shape index (κ2) is 19.3. The van der Waals surface area contributed by atoms with Crippen LogP contribution in [0.15, 0.2) is 12.7 Å². The Kier molecular flexibility index (Phi) is 25.3. The summed E-state index contributed by atoms with van der Waals surface area (Å²) >= 11 is 0. The zero-order valence-electron chi connectivity index (χ0n) is 12.8. The Morgan fingerprint density at radius 3 is 1.30 bits per heavy atom. The van der Waals surface area contributed by atoms with Crippen molar-refractivity contribution in [3.8, 4) is 0 Å². The molecule has 0 spiro atoms. The summed E-state index contributed by atoms with van der Waals surface area (Å²) in [6, 6.07) is 0. The molecule has 0 amide bonds. The second-order valence-electron chi connectivity index (χ2n) is 3.78. The van der Waals surface area contributed by atoms with Crippen LogP contribution in [-0.2, 0) is 19.1 Å². The third kappa shape index (κ3) is 21.2. The van der Waals surface area contributed by atoms with Crippen LogP contribution in [0.1, 0.15) is 6.42 Å². The molecule has 0 bridgehead atoms. The van der Waals surface area contributed by atoms with E-state index in [2.05, 4.69) is 11.3 Å². The zero-order chi connectivity index (χ0) is 18.2. The van der Waals surface area contributed by atoms with Gasteiger partial charge in [-0.15, -0.1) is 0 Å². The molecule has 0 radical (unpaired) electrons. The maximum Gasteiger partial charge on any atom is 2.00 e. The van der Waals surface area contributed by atoms with Gasteiger partial charge in [0.2, 0.25) is 0 Å². The molecule has 0 saturated carbocycles. The zero-order valence-corrected chi connectivity index (χ0v) is 15.0. The summed E-state index contributed by atoms with van der Waals surface area (Å²) in [5.74, 6) is -3.64. The van der Waals surface area contributed by atoms with Crippen LogP contribution in [0, 0.1) is 5.41 Å². The molecule has 4 N–H and O–H groups in total. The number of aliphatic carboxylic acids is 2. The van der Waals surface area contributed by atoms with Crippen LogP contribution in [0.2, 0.25) is 0 Å². The van der Waals surface area contributed by atoms with E-state index < -0.39 is 56.2 Å². The SMILES string of the molecule is C=CC(=O)OC.O=C([O-])CC(=O)[O-].OCC(CO)(CO)CO.[Ca+2]. The normalized spacial score (nSPS) is 8.91. The van der Waals surface area contributed by atoms with Crippen LogP contribution in [0.5, 0.6) is 0 Å². The number of hydrogen-bond acceptors (Lipinski definition) is 10. The Bertz CT molecular complexity index is 311. The first kappa shape index (κ1) is 30.2. The van der Waals surface area contributed by atoms with E-state index in [4.69, 9.17) is 20.4 Å². The number of carboxylic acid groups (broad SMARTS) is 2. The number of ether oxygens (including phenoxy) is 1. The number of esters is 1. The van der Waals surface area contributed by atoms with Crippen molar-refractivity contribution in [2.45, 2.75) is 6.42 Å². The van der Waals surface area contributed by atoms with E-state index in [9.17, 15) is 24.6 Å². The van der Waals surface area contributed by atoms with E-state index in [1.54, 1.807) is 0 Å². The van der Waals surface area contributed by atoms with Gasteiger partial charge in [0.05, 0.1) is 39.0 Å². The molecule has 0 saturated heterocycles. The Balaban J connectivity index is -0.000000118. The first-order valence-electron chi connectivity index (χ1n) is 5.72. The van der Waals surface area contributed by atoms with E-state index in [1.165, 1.54) is 7.11 Å². The molecule has 0 rings (SSSR count). The number of rotatable bonds is 7. The van der Waals surface area contributed by atoms with Gasteiger partial charge in [0.25, 0.3) is 0 Å². The Hall–Kier alpha value is -0.750. The summed E-state index contributed by atoms with van der Waals surface area (Å²) in [6.45, 7) is 1.53. The van der Waals surface area contributed by atoms with E-state index in [0.29, 0.717) is 0 Å². The van der Waals surface area contributed by atoms with Crippen molar-refractivity contribution in [1.82, 2.24) is 0 Å². The topological polar surface area (TPSA) is 187 Å². The molecule has 130 valence electrons. The molecular weight excluding hydrogens is 344 g/mol. The molecule has 0 atom stereocenters. The van der Waals surface area contributed by atoms with Crippen molar-refractivity contribution in [2.24, 2.45) is 5.41 Å². The molecule has 0 aliphatic rings. The Labute approximate surface area is 163 Å². The first-order valence-corrected chi connectivity index (χ1v) is 5.72. The van der Waals surface area contributed by atoms with Gasteiger partial charge in [0.15, 0.2) is 0 Å². The van der Waals surface area contributed by atoms with Gasteiger partial charge in [-0.3, -0.25) is 0 Å². The van der Waals surface area contributed by atoms with Crippen LogP contribution < -0.4 is 10.2 Å². The van der Waals surface area contributed by atoms with Gasteiger partial charge in [-0.25, -0.2) is 4.79 Å². The predicted octanol–water partition coefficient (Wildman–Crippen LogP) is -5.22. The van der Waals surface area contributed by atoms with Gasteiger partial charge in [-0.05, 0) is 0 Å². The van der Waals surface area contributed by atoms with Crippen LogP contribution in [0.3, 0.4) is 0 Å². The van der Waals surface area contributed by atoms with Crippen molar-refractivity contribution < 1.29 is 49.8 Å². The van der Waals surface area contributed by atoms with Crippen LogP contribution in [0.4, 0.5) is 0 Å². The molecule has 0 fully saturated rings. The fourth-order valence-corrected chi connectivity index (χ4v) is 0.501. The van der Waals surface area contributed by atoms with Crippen molar-refractivity contribution in [3.05, 3.63) is 12.7 Å². The van der Waals surface area contributed by atoms with Crippen molar-refractivity contribution in [3.63, 3.8) is 0 Å². The van der Waals surface area contributed by atoms with Crippen molar-refractivity contribution in [2.75, 3.05) is 33.5 Å². The first-order chi connectivity index (χ1) is 10.2. The number of carbonyl (C=O) groups excluding carboxylic acids is 3. The number of methoxy groups -OCH3 is 1. The minimum atomic E-state index is -1.63. The van der Waals surface area contributed by atoms with E-state index in [0.717, 1.165) is 6.08 Å². The average Bonchev–Trinajstić information content (AvgIpc) is 2.49. The Morgan fingerprint density at radius 1 is 1.00 bits per heavy atom. The molecular formula is C12H20CaO10. The molecule has 0 aliphatic carbocycles. The maximum absolute atomic E-state index is 9.84. The summed E-state index contributed by atoms with van der Waals surface area (Å²) in [5, 5.41) is 52.5. The summed E-state index contributed by atoms with van der Waals surface area (Å²) < 4.78 is 4.14. The summed E-state index contributed by atoms with van der Waals surface area (Å²) in [5.41, 5.74) is -1.11. The summed E-state index contributed by atoms with van der Waals surface area (Å²) in [7, 11) is 1.31. The van der Waals surface area contributed by atoms with Gasteiger partial charge < -0.3 is 45.0 Å². The molecule has 0 heterocycles. The molecule has 0 aliphatic heterocycles. The minimum absolute atomic E-state index is 0. The molecule has 23 heavy (non-hydrogen) atoms. The number of aliphatic hydroxyl groups is 4. The molecule has 0 aromatic rings. The minimum Gasteiger partial charge on any atom is -0.550 e. The third-order valence-corrected chi connectivity index (χ3v) is 2.00. The van der Waals surface area contributed by atoms with Crippen molar-refractivity contribution >= 4 is 55.6 Å². The smallest absolute Gasteiger partial charge is 0.550 e. The quantitative estimate of drug-likeness (QED) is 0.147. The van der Waals surface area contributed by atoms with Crippen LogP contribution in [0.25, 0.3) is 0 Å². The van der Waals surface area contributed by atoms with Crippen molar-refractivity contribution in [1.29, 1.82) is 0 Å². The van der Waals surface area contributed by atoms with Crippen LogP contribution >= 0.6 is 0 Å². The summed E-state index contributed by atoms with van der Waals surface area (Å²) in [4.78, 5) is 28.4. The van der Waals surface area contributed by atoms with Gasteiger partial charge >= 0.3 is 43.7 Å². The van der Waals surface area contributed by atoms with Gasteiger partial charge in [0.1, 0.15) is 0 Å². The fourth-order valence-electron chi connectivity index (χ4n) is 0.501.